The monoisotopic (exact) mass is 237 g/mol. The number of nitrogens with one attached hydrogen (secondary N) is 1. The lowest BCUT2D eigenvalue weighted by atomic mass is 9.77. The molecule has 2 rings (SSSR count). The van der Waals surface area contributed by atoms with Gasteiger partial charge in [-0.3, -0.25) is 0 Å². The third kappa shape index (κ3) is 2.99. The molecule has 2 heteroatoms. The highest BCUT2D eigenvalue weighted by Gasteiger charge is 2.26. The summed E-state index contributed by atoms with van der Waals surface area (Å²) in [7, 11) is 0. The molecule has 1 aromatic rings. The molecule has 0 amide bonds. The lowest BCUT2D eigenvalue weighted by Crippen LogP contribution is -2.41. The van der Waals surface area contributed by atoms with Crippen molar-refractivity contribution in [2.75, 3.05) is 6.54 Å². The molecule has 1 aromatic carbocycles. The number of rotatable bonds is 5. The van der Waals surface area contributed by atoms with Crippen LogP contribution in [-0.2, 0) is 6.42 Å². The zero-order chi connectivity index (χ0) is 11.4. The van der Waals surface area contributed by atoms with Crippen LogP contribution in [0.15, 0.2) is 24.3 Å². The molecule has 0 heterocycles. The molecule has 0 aliphatic heterocycles. The lowest BCUT2D eigenvalue weighted by molar-refractivity contribution is 0.229. The van der Waals surface area contributed by atoms with Gasteiger partial charge in [-0.2, -0.15) is 0 Å². The van der Waals surface area contributed by atoms with Crippen LogP contribution in [0.5, 0.6) is 0 Å². The number of benzene rings is 1. The van der Waals surface area contributed by atoms with Gasteiger partial charge in [0.2, 0.25) is 0 Å². The Morgan fingerprint density at radius 3 is 2.81 bits per heavy atom. The Bertz CT molecular complexity index is 333. The molecule has 1 fully saturated rings. The zero-order valence-electron chi connectivity index (χ0n) is 9.88. The third-order valence-corrected chi connectivity index (χ3v) is 3.76. The van der Waals surface area contributed by atoms with Crippen molar-refractivity contribution in [1.82, 2.24) is 5.32 Å². The smallest absolute Gasteiger partial charge is 0.0408 e. The lowest BCUT2D eigenvalue weighted by Gasteiger charge is -2.34. The molecule has 0 bridgehead atoms. The Balaban J connectivity index is 1.98. The molecule has 1 aliphatic carbocycles. The highest BCUT2D eigenvalue weighted by Crippen LogP contribution is 2.31. The van der Waals surface area contributed by atoms with Gasteiger partial charge in [0.25, 0.3) is 0 Å². The van der Waals surface area contributed by atoms with E-state index in [1.165, 1.54) is 24.8 Å². The fourth-order valence-electron chi connectivity index (χ4n) is 2.43. The quantitative estimate of drug-likeness (QED) is 0.824. The molecule has 0 radical (unpaired) electrons. The number of hydrogen-bond acceptors (Lipinski definition) is 1. The van der Waals surface area contributed by atoms with Crippen LogP contribution in [0.4, 0.5) is 0 Å². The number of hydrogen-bond donors (Lipinski definition) is 1. The fourth-order valence-corrected chi connectivity index (χ4v) is 2.64. The minimum absolute atomic E-state index is 0.636. The van der Waals surface area contributed by atoms with Gasteiger partial charge in [0.05, 0.1) is 0 Å². The summed E-state index contributed by atoms with van der Waals surface area (Å²) in [4.78, 5) is 0. The van der Waals surface area contributed by atoms with Gasteiger partial charge in [-0.15, -0.1) is 0 Å². The maximum atomic E-state index is 6.01. The van der Waals surface area contributed by atoms with Crippen molar-refractivity contribution in [2.45, 2.75) is 38.6 Å². The summed E-state index contributed by atoms with van der Waals surface area (Å²) in [6.45, 7) is 3.24. The minimum Gasteiger partial charge on any atom is -0.314 e. The largest absolute Gasteiger partial charge is 0.314 e. The molecular weight excluding hydrogens is 218 g/mol. The van der Waals surface area contributed by atoms with E-state index >= 15 is 0 Å². The highest BCUT2D eigenvalue weighted by atomic mass is 35.5. The van der Waals surface area contributed by atoms with Crippen molar-refractivity contribution < 1.29 is 0 Å². The molecule has 1 atom stereocenters. The van der Waals surface area contributed by atoms with Gasteiger partial charge in [0.1, 0.15) is 0 Å². The second-order valence-corrected chi connectivity index (χ2v) is 5.13. The van der Waals surface area contributed by atoms with Crippen molar-refractivity contribution in [2.24, 2.45) is 5.92 Å². The molecular formula is C14H20ClN. The molecule has 0 aromatic heterocycles. The van der Waals surface area contributed by atoms with Crippen LogP contribution >= 0.6 is 11.6 Å². The van der Waals surface area contributed by atoms with Gasteiger partial charge in [0, 0.05) is 11.1 Å². The van der Waals surface area contributed by atoms with Crippen LogP contribution in [-0.4, -0.2) is 12.6 Å². The second-order valence-electron chi connectivity index (χ2n) is 4.69. The van der Waals surface area contributed by atoms with Gasteiger partial charge in [-0.05, 0) is 49.4 Å². The van der Waals surface area contributed by atoms with E-state index in [1.54, 1.807) is 0 Å². The topological polar surface area (TPSA) is 12.0 Å². The van der Waals surface area contributed by atoms with Crippen LogP contribution in [0.2, 0.25) is 5.02 Å². The first-order valence-corrected chi connectivity index (χ1v) is 6.65. The summed E-state index contributed by atoms with van der Waals surface area (Å²) in [5, 5.41) is 4.46. The van der Waals surface area contributed by atoms with E-state index in [-0.39, 0.29) is 0 Å². The molecule has 1 saturated carbocycles. The summed E-state index contributed by atoms with van der Waals surface area (Å²) < 4.78 is 0. The van der Waals surface area contributed by atoms with E-state index in [0.717, 1.165) is 23.9 Å². The summed E-state index contributed by atoms with van der Waals surface area (Å²) in [5.74, 6) is 0.874. The van der Waals surface area contributed by atoms with Crippen LogP contribution in [0.25, 0.3) is 0 Å². The van der Waals surface area contributed by atoms with E-state index in [1.807, 2.05) is 12.1 Å². The summed E-state index contributed by atoms with van der Waals surface area (Å²) in [6.07, 6.45) is 5.29. The standard InChI is InChI=1S/C14H20ClN/c1-2-16-14(12-6-4-7-12)10-11-5-3-8-13(15)9-11/h3,5,8-9,12,14,16H,2,4,6-7,10H2,1H3. The average molecular weight is 238 g/mol. The van der Waals surface area contributed by atoms with Gasteiger partial charge in [-0.1, -0.05) is 37.1 Å². The predicted octanol–water partition coefficient (Wildman–Crippen LogP) is 3.66. The van der Waals surface area contributed by atoms with E-state index < -0.39 is 0 Å². The molecule has 1 nitrogen and oxygen atoms in total. The van der Waals surface area contributed by atoms with Crippen molar-refractivity contribution in [3.8, 4) is 0 Å². The van der Waals surface area contributed by atoms with Crippen LogP contribution in [0.3, 0.4) is 0 Å². The molecule has 0 saturated heterocycles. The van der Waals surface area contributed by atoms with Crippen LogP contribution in [0.1, 0.15) is 31.7 Å². The van der Waals surface area contributed by atoms with E-state index in [9.17, 15) is 0 Å². The molecule has 1 aliphatic rings. The summed E-state index contributed by atoms with van der Waals surface area (Å²) >= 11 is 6.01. The van der Waals surface area contributed by atoms with Crippen molar-refractivity contribution in [1.29, 1.82) is 0 Å². The van der Waals surface area contributed by atoms with Gasteiger partial charge >= 0.3 is 0 Å². The zero-order valence-corrected chi connectivity index (χ0v) is 10.6. The minimum atomic E-state index is 0.636. The van der Waals surface area contributed by atoms with Crippen LogP contribution in [0, 0.1) is 5.92 Å². The molecule has 0 spiro atoms. The maximum Gasteiger partial charge on any atom is 0.0408 e. The Morgan fingerprint density at radius 1 is 1.44 bits per heavy atom. The van der Waals surface area contributed by atoms with Gasteiger partial charge in [0.15, 0.2) is 0 Å². The molecule has 1 unspecified atom stereocenters. The molecule has 16 heavy (non-hydrogen) atoms. The van der Waals surface area contributed by atoms with Gasteiger partial charge < -0.3 is 5.32 Å². The first kappa shape index (κ1) is 11.9. The van der Waals surface area contributed by atoms with E-state index in [2.05, 4.69) is 24.4 Å². The average Bonchev–Trinajstić information content (AvgIpc) is 2.15. The Kier molecular flexibility index (Phi) is 4.25. The highest BCUT2D eigenvalue weighted by molar-refractivity contribution is 6.30. The fraction of sp³-hybridized carbons (Fsp3) is 0.571. The first-order chi connectivity index (χ1) is 7.79. The van der Waals surface area contributed by atoms with Crippen molar-refractivity contribution in [3.05, 3.63) is 34.9 Å². The van der Waals surface area contributed by atoms with Crippen molar-refractivity contribution >= 4 is 11.6 Å². The Labute approximate surface area is 103 Å². The Hall–Kier alpha value is -0.530. The first-order valence-electron chi connectivity index (χ1n) is 6.27. The van der Waals surface area contributed by atoms with Crippen LogP contribution < -0.4 is 5.32 Å². The normalized spacial score (nSPS) is 18.1. The molecule has 1 N–H and O–H groups in total. The predicted molar refractivity (Wildman–Crippen MR) is 70.0 cm³/mol. The van der Waals surface area contributed by atoms with Gasteiger partial charge in [-0.25, -0.2) is 0 Å². The summed E-state index contributed by atoms with van der Waals surface area (Å²) in [6, 6.07) is 8.88. The second kappa shape index (κ2) is 5.70. The Morgan fingerprint density at radius 2 is 2.25 bits per heavy atom. The SMILES string of the molecule is CCNC(Cc1cccc(Cl)c1)C1CCC1. The molecule has 88 valence electrons. The third-order valence-electron chi connectivity index (χ3n) is 3.53. The van der Waals surface area contributed by atoms with E-state index in [0.29, 0.717) is 6.04 Å². The number of halogens is 1. The maximum absolute atomic E-state index is 6.01. The van der Waals surface area contributed by atoms with E-state index in [4.69, 9.17) is 11.6 Å². The van der Waals surface area contributed by atoms with Crippen molar-refractivity contribution in [3.63, 3.8) is 0 Å². The number of likely N-dealkylation sites (N-methyl/N-ethyl adjacent to an activating group) is 1. The summed E-state index contributed by atoms with van der Waals surface area (Å²) in [5.41, 5.74) is 1.35.